The first kappa shape index (κ1) is 15.1. The number of rotatable bonds is 3. The molecule has 5 nitrogen and oxygen atoms in total. The van der Waals surface area contributed by atoms with Gasteiger partial charge in [0.15, 0.2) is 0 Å². The van der Waals surface area contributed by atoms with E-state index in [4.69, 9.17) is 4.74 Å². The van der Waals surface area contributed by atoms with Crippen molar-refractivity contribution in [3.8, 4) is 5.75 Å². The van der Waals surface area contributed by atoms with Gasteiger partial charge in [-0.15, -0.1) is 0 Å². The molecule has 2 aromatic carbocycles. The number of fused-ring (bicyclic) bond motifs is 1. The zero-order valence-corrected chi connectivity index (χ0v) is 14.0. The minimum atomic E-state index is -3.81. The zero-order valence-electron chi connectivity index (χ0n) is 11.6. The quantitative estimate of drug-likeness (QED) is 0.819. The van der Waals surface area contributed by atoms with Crippen molar-refractivity contribution in [2.45, 2.75) is 11.4 Å². The maximum absolute atomic E-state index is 12.5. The Bertz CT molecular complexity index is 846. The van der Waals surface area contributed by atoms with Gasteiger partial charge in [0.05, 0.1) is 19.2 Å². The molecule has 22 heavy (non-hydrogen) atoms. The van der Waals surface area contributed by atoms with Gasteiger partial charge in [-0.1, -0.05) is 28.1 Å². The second-order valence-corrected chi connectivity index (χ2v) is 7.55. The number of sulfonamides is 1. The third-order valence-corrected chi connectivity index (χ3v) is 5.72. The van der Waals surface area contributed by atoms with Crippen LogP contribution in [0.1, 0.15) is 15.9 Å². The monoisotopic (exact) mass is 381 g/mol. The van der Waals surface area contributed by atoms with Crippen molar-refractivity contribution < 1.29 is 17.9 Å². The normalized spacial score (nSPS) is 15.7. The lowest BCUT2D eigenvalue weighted by molar-refractivity contribution is 0.0865. The fourth-order valence-corrected chi connectivity index (χ4v) is 4.40. The van der Waals surface area contributed by atoms with Crippen molar-refractivity contribution in [1.29, 1.82) is 0 Å². The summed E-state index contributed by atoms with van der Waals surface area (Å²) in [6.07, 6.45) is 0. The minimum Gasteiger partial charge on any atom is -0.497 e. The second kappa shape index (κ2) is 5.40. The molecule has 3 rings (SSSR count). The van der Waals surface area contributed by atoms with Crippen LogP contribution in [0.3, 0.4) is 0 Å². The van der Waals surface area contributed by atoms with Crippen LogP contribution in [0.2, 0.25) is 0 Å². The number of amides is 1. The summed E-state index contributed by atoms with van der Waals surface area (Å²) >= 11 is 3.23. The maximum atomic E-state index is 12.5. The lowest BCUT2D eigenvalue weighted by Gasteiger charge is -2.15. The van der Waals surface area contributed by atoms with Gasteiger partial charge in [0.1, 0.15) is 10.6 Å². The Labute approximate surface area is 136 Å². The summed E-state index contributed by atoms with van der Waals surface area (Å²) in [4.78, 5) is 12.4. The van der Waals surface area contributed by atoms with Crippen molar-refractivity contribution in [1.82, 2.24) is 4.31 Å². The molecule has 1 aliphatic rings. The van der Waals surface area contributed by atoms with Crippen LogP contribution in [0.4, 0.5) is 0 Å². The summed E-state index contributed by atoms with van der Waals surface area (Å²) in [6.45, 7) is -0.00252. The van der Waals surface area contributed by atoms with Crippen molar-refractivity contribution in [2.24, 2.45) is 0 Å². The Balaban J connectivity index is 1.97. The molecule has 0 unspecified atom stereocenters. The van der Waals surface area contributed by atoms with Crippen LogP contribution in [0, 0.1) is 0 Å². The highest BCUT2D eigenvalue weighted by Gasteiger charge is 2.41. The molecule has 0 bridgehead atoms. The van der Waals surface area contributed by atoms with Crippen LogP contribution in [-0.2, 0) is 16.6 Å². The molecule has 0 aliphatic carbocycles. The van der Waals surface area contributed by atoms with Crippen LogP contribution >= 0.6 is 15.9 Å². The molecular weight excluding hydrogens is 370 g/mol. The number of methoxy groups -OCH3 is 1. The average Bonchev–Trinajstić information content (AvgIpc) is 2.69. The van der Waals surface area contributed by atoms with E-state index >= 15 is 0 Å². The zero-order chi connectivity index (χ0) is 15.9. The standard InChI is InChI=1S/C15H12BrNO4S/c1-21-12-5-2-10(3-6-12)9-17-15(18)13-7-4-11(16)8-14(13)22(17,19)20/h2-8H,9H2,1H3. The third-order valence-electron chi connectivity index (χ3n) is 3.45. The number of nitrogens with zero attached hydrogens (tertiary/aromatic N) is 1. The molecule has 114 valence electrons. The van der Waals surface area contributed by atoms with Crippen LogP contribution in [0.15, 0.2) is 51.8 Å². The molecule has 0 spiro atoms. The number of hydrogen-bond acceptors (Lipinski definition) is 4. The molecule has 7 heteroatoms. The first-order valence-electron chi connectivity index (χ1n) is 6.43. The Morgan fingerprint density at radius 3 is 2.45 bits per heavy atom. The molecule has 2 aromatic rings. The Hall–Kier alpha value is -1.86. The predicted molar refractivity (Wildman–Crippen MR) is 84.2 cm³/mol. The Morgan fingerprint density at radius 2 is 1.82 bits per heavy atom. The highest BCUT2D eigenvalue weighted by Crippen LogP contribution is 2.33. The van der Waals surface area contributed by atoms with Crippen LogP contribution < -0.4 is 4.74 Å². The molecule has 1 heterocycles. The molecule has 0 saturated carbocycles. The second-order valence-electron chi connectivity index (χ2n) is 4.81. The molecule has 0 saturated heterocycles. The van der Waals surface area contributed by atoms with Gasteiger partial charge >= 0.3 is 0 Å². The lowest BCUT2D eigenvalue weighted by Crippen LogP contribution is -2.29. The first-order valence-corrected chi connectivity index (χ1v) is 8.66. The molecule has 0 fully saturated rings. The van der Waals surface area contributed by atoms with Gasteiger partial charge in [0.2, 0.25) is 0 Å². The number of halogens is 1. The number of hydrogen-bond donors (Lipinski definition) is 0. The fourth-order valence-electron chi connectivity index (χ4n) is 2.30. The summed E-state index contributed by atoms with van der Waals surface area (Å²) in [7, 11) is -2.26. The van der Waals surface area contributed by atoms with Gasteiger partial charge in [-0.05, 0) is 35.9 Å². The topological polar surface area (TPSA) is 63.7 Å². The third kappa shape index (κ3) is 2.40. The molecule has 0 atom stereocenters. The number of benzene rings is 2. The number of carbonyl (C=O) groups excluding carboxylic acids is 1. The van der Waals surface area contributed by atoms with E-state index in [0.717, 1.165) is 4.31 Å². The van der Waals surface area contributed by atoms with Crippen LogP contribution in [0.5, 0.6) is 5.75 Å². The summed E-state index contributed by atoms with van der Waals surface area (Å²) in [6, 6.07) is 11.6. The highest BCUT2D eigenvalue weighted by atomic mass is 79.9. The van der Waals surface area contributed by atoms with E-state index in [1.54, 1.807) is 37.4 Å². The fraction of sp³-hybridized carbons (Fsp3) is 0.133. The summed E-state index contributed by atoms with van der Waals surface area (Å²) in [5.74, 6) is 0.171. The molecule has 1 aliphatic heterocycles. The largest absolute Gasteiger partial charge is 0.497 e. The van der Waals surface area contributed by atoms with E-state index in [1.807, 2.05) is 0 Å². The molecule has 0 N–H and O–H groups in total. The minimum absolute atomic E-state index is 0.00252. The lowest BCUT2D eigenvalue weighted by atomic mass is 10.2. The van der Waals surface area contributed by atoms with Gasteiger partial charge in [-0.25, -0.2) is 12.7 Å². The molecule has 0 aromatic heterocycles. The molecular formula is C15H12BrNO4S. The first-order chi connectivity index (χ1) is 10.4. The van der Waals surface area contributed by atoms with E-state index in [2.05, 4.69) is 15.9 Å². The summed E-state index contributed by atoms with van der Waals surface area (Å²) in [5, 5.41) is 0. The van der Waals surface area contributed by atoms with Gasteiger partial charge in [0.25, 0.3) is 15.9 Å². The van der Waals surface area contributed by atoms with Crippen molar-refractivity contribution >= 4 is 31.9 Å². The van der Waals surface area contributed by atoms with E-state index < -0.39 is 15.9 Å². The van der Waals surface area contributed by atoms with Gasteiger partial charge < -0.3 is 4.74 Å². The molecule has 1 amide bonds. The number of carbonyl (C=O) groups is 1. The highest BCUT2D eigenvalue weighted by molar-refractivity contribution is 9.10. The van der Waals surface area contributed by atoms with Crippen LogP contribution in [0.25, 0.3) is 0 Å². The van der Waals surface area contributed by atoms with Gasteiger partial charge in [0, 0.05) is 4.47 Å². The van der Waals surface area contributed by atoms with Crippen molar-refractivity contribution in [3.63, 3.8) is 0 Å². The summed E-state index contributed by atoms with van der Waals surface area (Å²) < 4.78 is 31.6. The van der Waals surface area contributed by atoms with Crippen molar-refractivity contribution in [3.05, 3.63) is 58.1 Å². The van der Waals surface area contributed by atoms with Crippen LogP contribution in [-0.4, -0.2) is 25.7 Å². The Kier molecular flexibility index (Phi) is 3.70. The van der Waals surface area contributed by atoms with E-state index in [1.165, 1.54) is 12.1 Å². The SMILES string of the molecule is COc1ccc(CN2C(=O)c3ccc(Br)cc3S2(=O)=O)cc1. The van der Waals surface area contributed by atoms with E-state index in [9.17, 15) is 13.2 Å². The number of ether oxygens (including phenoxy) is 1. The average molecular weight is 382 g/mol. The van der Waals surface area contributed by atoms with Crippen molar-refractivity contribution in [2.75, 3.05) is 7.11 Å². The van der Waals surface area contributed by atoms with Gasteiger partial charge in [-0.3, -0.25) is 4.79 Å². The summed E-state index contributed by atoms with van der Waals surface area (Å²) in [5.41, 5.74) is 0.918. The smallest absolute Gasteiger partial charge is 0.269 e. The van der Waals surface area contributed by atoms with E-state index in [-0.39, 0.29) is 17.0 Å². The Morgan fingerprint density at radius 1 is 1.14 bits per heavy atom. The molecule has 0 radical (unpaired) electrons. The van der Waals surface area contributed by atoms with E-state index in [0.29, 0.717) is 15.8 Å². The predicted octanol–water partition coefficient (Wildman–Crippen LogP) is 2.80. The van der Waals surface area contributed by atoms with Gasteiger partial charge in [-0.2, -0.15) is 0 Å². The maximum Gasteiger partial charge on any atom is 0.269 e.